The minimum atomic E-state index is -4.61. The molecule has 31 heavy (non-hydrogen) atoms. The van der Waals surface area contributed by atoms with Gasteiger partial charge in [0, 0.05) is 38.6 Å². The fourth-order valence-electron chi connectivity index (χ4n) is 3.49. The summed E-state index contributed by atoms with van der Waals surface area (Å²) < 4.78 is 40.6. The summed E-state index contributed by atoms with van der Waals surface area (Å²) in [5.41, 5.74) is -0.169. The molecule has 0 spiro atoms. The van der Waals surface area contributed by atoms with Gasteiger partial charge in [-0.3, -0.25) is 4.79 Å². The minimum absolute atomic E-state index is 0.141. The zero-order chi connectivity index (χ0) is 22.6. The van der Waals surface area contributed by atoms with Crippen molar-refractivity contribution >= 4 is 29.0 Å². The first-order valence-electron chi connectivity index (χ1n) is 9.95. The van der Waals surface area contributed by atoms with E-state index >= 15 is 0 Å². The molecule has 1 saturated heterocycles. The molecule has 0 radical (unpaired) electrons. The third kappa shape index (κ3) is 5.68. The lowest BCUT2D eigenvalue weighted by Crippen LogP contribution is -2.45. The molecule has 0 bridgehead atoms. The number of likely N-dealkylation sites (tertiary alicyclic amines) is 1. The molecule has 9 heteroatoms. The highest BCUT2D eigenvalue weighted by Crippen LogP contribution is 2.37. The second-order valence-corrected chi connectivity index (χ2v) is 7.69. The van der Waals surface area contributed by atoms with Gasteiger partial charge in [-0.25, -0.2) is 4.79 Å². The highest BCUT2D eigenvalue weighted by Gasteiger charge is 2.36. The van der Waals surface area contributed by atoms with Gasteiger partial charge in [0.15, 0.2) is 0 Å². The van der Waals surface area contributed by atoms with Crippen molar-refractivity contribution in [3.8, 4) is 0 Å². The van der Waals surface area contributed by atoms with Gasteiger partial charge in [-0.15, -0.1) is 0 Å². The topological polar surface area (TPSA) is 64.7 Å². The second kappa shape index (κ2) is 9.28. The van der Waals surface area contributed by atoms with Crippen LogP contribution in [-0.2, 0) is 11.0 Å². The quantitative estimate of drug-likeness (QED) is 0.736. The number of nitrogens with zero attached hydrogens (tertiary/aromatic N) is 2. The average Bonchev–Trinajstić information content (AvgIpc) is 2.74. The lowest BCUT2D eigenvalue weighted by atomic mass is 9.97. The van der Waals surface area contributed by atoms with E-state index in [-0.39, 0.29) is 18.3 Å². The van der Waals surface area contributed by atoms with Crippen molar-refractivity contribution in [1.82, 2.24) is 4.90 Å². The number of nitrogens with one attached hydrogen (secondary N) is 2. The molecule has 166 valence electrons. The molecule has 1 unspecified atom stereocenters. The van der Waals surface area contributed by atoms with Crippen LogP contribution in [-0.4, -0.2) is 44.0 Å². The van der Waals surface area contributed by atoms with E-state index in [2.05, 4.69) is 10.6 Å². The molecule has 0 aliphatic carbocycles. The lowest BCUT2D eigenvalue weighted by molar-refractivity contribution is -0.137. The molecule has 6 nitrogen and oxygen atoms in total. The summed E-state index contributed by atoms with van der Waals surface area (Å²) in [7, 11) is 3.29. The third-order valence-electron chi connectivity index (χ3n) is 5.19. The van der Waals surface area contributed by atoms with E-state index in [1.165, 1.54) is 17.0 Å². The van der Waals surface area contributed by atoms with Gasteiger partial charge in [-0.1, -0.05) is 18.2 Å². The van der Waals surface area contributed by atoms with Crippen LogP contribution in [0.25, 0.3) is 0 Å². The first kappa shape index (κ1) is 22.5. The van der Waals surface area contributed by atoms with Crippen molar-refractivity contribution in [2.24, 2.45) is 5.92 Å². The average molecular weight is 434 g/mol. The first-order chi connectivity index (χ1) is 14.6. The number of rotatable bonds is 4. The van der Waals surface area contributed by atoms with Gasteiger partial charge in [-0.2, -0.15) is 13.2 Å². The van der Waals surface area contributed by atoms with Crippen molar-refractivity contribution in [3.05, 3.63) is 54.1 Å². The van der Waals surface area contributed by atoms with Gasteiger partial charge >= 0.3 is 12.2 Å². The zero-order valence-electron chi connectivity index (χ0n) is 17.4. The summed E-state index contributed by atoms with van der Waals surface area (Å²) in [5.74, 6) is -1.12. The Labute approximate surface area is 179 Å². The van der Waals surface area contributed by atoms with Crippen LogP contribution in [0.3, 0.4) is 0 Å². The standard InChI is InChI=1S/C22H25F3N4O2/c1-28(2)17-10-11-19(18(13-17)22(23,24)25)27-20(30)15-7-6-12-29(14-15)21(31)26-16-8-4-3-5-9-16/h3-5,8-11,13,15H,6-7,12,14H2,1-2H3,(H,26,31)(H,27,30). The molecular weight excluding hydrogens is 409 g/mol. The normalized spacial score (nSPS) is 16.5. The number of para-hydroxylation sites is 1. The smallest absolute Gasteiger partial charge is 0.378 e. The van der Waals surface area contributed by atoms with Gasteiger partial charge < -0.3 is 20.4 Å². The van der Waals surface area contributed by atoms with E-state index in [0.717, 1.165) is 6.07 Å². The zero-order valence-corrected chi connectivity index (χ0v) is 17.4. The number of urea groups is 1. The van der Waals surface area contributed by atoms with E-state index < -0.39 is 23.6 Å². The molecule has 1 aliphatic rings. The van der Waals surface area contributed by atoms with E-state index in [0.29, 0.717) is 30.8 Å². The van der Waals surface area contributed by atoms with Crippen molar-refractivity contribution in [3.63, 3.8) is 0 Å². The van der Waals surface area contributed by atoms with Crippen LogP contribution in [0, 0.1) is 5.92 Å². The number of carbonyl (C=O) groups excluding carboxylic acids is 2. The predicted octanol–water partition coefficient (Wildman–Crippen LogP) is 4.65. The maximum absolute atomic E-state index is 13.5. The van der Waals surface area contributed by atoms with E-state index in [4.69, 9.17) is 0 Å². The molecule has 1 aliphatic heterocycles. The Balaban J connectivity index is 1.69. The molecule has 1 atom stereocenters. The van der Waals surface area contributed by atoms with Crippen LogP contribution in [0.1, 0.15) is 18.4 Å². The van der Waals surface area contributed by atoms with Gasteiger partial charge in [0.25, 0.3) is 0 Å². The number of amides is 3. The number of halogens is 3. The molecule has 2 N–H and O–H groups in total. The van der Waals surface area contributed by atoms with Crippen LogP contribution < -0.4 is 15.5 Å². The fraction of sp³-hybridized carbons (Fsp3) is 0.364. The number of anilines is 3. The predicted molar refractivity (Wildman–Crippen MR) is 114 cm³/mol. The summed E-state index contributed by atoms with van der Waals surface area (Å²) in [4.78, 5) is 28.3. The number of piperidine rings is 1. The van der Waals surface area contributed by atoms with Crippen LogP contribution in [0.5, 0.6) is 0 Å². The summed E-state index contributed by atoms with van der Waals surface area (Å²) in [6, 6.07) is 12.4. The summed E-state index contributed by atoms with van der Waals surface area (Å²) in [6.45, 7) is 0.620. The molecule has 1 fully saturated rings. The Morgan fingerprint density at radius 2 is 1.77 bits per heavy atom. The maximum atomic E-state index is 13.5. The van der Waals surface area contributed by atoms with Gasteiger partial charge in [0.05, 0.1) is 17.2 Å². The van der Waals surface area contributed by atoms with Gasteiger partial charge in [0.2, 0.25) is 5.91 Å². The number of alkyl halides is 3. The van der Waals surface area contributed by atoms with Crippen LogP contribution in [0.2, 0.25) is 0 Å². The molecule has 3 rings (SSSR count). The number of hydrogen-bond acceptors (Lipinski definition) is 3. The molecule has 2 aromatic rings. The van der Waals surface area contributed by atoms with Crippen molar-refractivity contribution in [2.45, 2.75) is 19.0 Å². The summed E-state index contributed by atoms with van der Waals surface area (Å²) >= 11 is 0. The summed E-state index contributed by atoms with van der Waals surface area (Å²) in [5, 5.41) is 5.19. The molecule has 3 amide bonds. The Kier molecular flexibility index (Phi) is 6.72. The van der Waals surface area contributed by atoms with Crippen molar-refractivity contribution in [2.75, 3.05) is 42.7 Å². The summed E-state index contributed by atoms with van der Waals surface area (Å²) in [6.07, 6.45) is -3.52. The monoisotopic (exact) mass is 434 g/mol. The highest BCUT2D eigenvalue weighted by molar-refractivity contribution is 5.95. The van der Waals surface area contributed by atoms with Crippen LogP contribution in [0.4, 0.5) is 35.0 Å². The first-order valence-corrected chi connectivity index (χ1v) is 9.95. The molecule has 1 heterocycles. The lowest BCUT2D eigenvalue weighted by Gasteiger charge is -2.32. The molecular formula is C22H25F3N4O2. The minimum Gasteiger partial charge on any atom is -0.378 e. The van der Waals surface area contributed by atoms with E-state index in [1.54, 1.807) is 43.3 Å². The second-order valence-electron chi connectivity index (χ2n) is 7.69. The molecule has 2 aromatic carbocycles. The SMILES string of the molecule is CN(C)c1ccc(NC(=O)C2CCCN(C(=O)Nc3ccccc3)C2)c(C(F)(F)F)c1. The Bertz CT molecular complexity index is 932. The highest BCUT2D eigenvalue weighted by atomic mass is 19.4. The van der Waals surface area contributed by atoms with E-state index in [9.17, 15) is 22.8 Å². The van der Waals surface area contributed by atoms with E-state index in [1.807, 2.05) is 6.07 Å². The maximum Gasteiger partial charge on any atom is 0.418 e. The number of benzene rings is 2. The Morgan fingerprint density at radius 1 is 1.06 bits per heavy atom. The van der Waals surface area contributed by atoms with Gasteiger partial charge in [0.1, 0.15) is 0 Å². The van der Waals surface area contributed by atoms with Crippen LogP contribution >= 0.6 is 0 Å². The Morgan fingerprint density at radius 3 is 2.42 bits per heavy atom. The third-order valence-corrected chi connectivity index (χ3v) is 5.19. The number of hydrogen-bond donors (Lipinski definition) is 2. The van der Waals surface area contributed by atoms with Crippen molar-refractivity contribution < 1.29 is 22.8 Å². The molecule has 0 saturated carbocycles. The fourth-order valence-corrected chi connectivity index (χ4v) is 3.49. The number of carbonyl (C=O) groups is 2. The largest absolute Gasteiger partial charge is 0.418 e. The Hall–Kier alpha value is -3.23. The van der Waals surface area contributed by atoms with Gasteiger partial charge in [-0.05, 0) is 43.2 Å². The molecule has 0 aromatic heterocycles. The van der Waals surface area contributed by atoms with Crippen LogP contribution in [0.15, 0.2) is 48.5 Å². The van der Waals surface area contributed by atoms with Crippen molar-refractivity contribution in [1.29, 1.82) is 0 Å².